The zero-order valence-corrected chi connectivity index (χ0v) is 12.3. The molecule has 0 unspecified atom stereocenters. The van der Waals surface area contributed by atoms with Crippen molar-refractivity contribution in [2.75, 3.05) is 11.9 Å². The van der Waals surface area contributed by atoms with Gasteiger partial charge in [-0.1, -0.05) is 19.3 Å². The summed E-state index contributed by atoms with van der Waals surface area (Å²) in [6.45, 7) is 2.57. The summed E-state index contributed by atoms with van der Waals surface area (Å²) in [5.74, 6) is 1.26. The molecular weight excluding hydrogens is 266 g/mol. The minimum Gasteiger partial charge on any atom is -0.441 e. The Morgan fingerprint density at radius 2 is 2.14 bits per heavy atom. The lowest BCUT2D eigenvalue weighted by atomic mass is 9.89. The molecule has 0 aliphatic heterocycles. The fourth-order valence-electron chi connectivity index (χ4n) is 2.92. The van der Waals surface area contributed by atoms with Crippen LogP contribution >= 0.6 is 0 Å². The van der Waals surface area contributed by atoms with Crippen LogP contribution in [0.5, 0.6) is 0 Å². The van der Waals surface area contributed by atoms with Gasteiger partial charge in [0.2, 0.25) is 0 Å². The van der Waals surface area contributed by atoms with Crippen molar-refractivity contribution in [2.45, 2.75) is 39.0 Å². The largest absolute Gasteiger partial charge is 0.441 e. The predicted octanol–water partition coefficient (Wildman–Crippen LogP) is 3.84. The molecule has 5 heteroatoms. The highest BCUT2D eigenvalue weighted by atomic mass is 16.3. The molecule has 0 saturated heterocycles. The average molecular weight is 287 g/mol. The van der Waals surface area contributed by atoms with E-state index in [9.17, 15) is 4.79 Å². The second kappa shape index (κ2) is 6.16. The van der Waals surface area contributed by atoms with E-state index in [0.717, 1.165) is 23.3 Å². The summed E-state index contributed by atoms with van der Waals surface area (Å²) in [5.41, 5.74) is 2.23. The first-order valence-corrected chi connectivity index (χ1v) is 7.63. The first-order chi connectivity index (χ1) is 10.2. The summed E-state index contributed by atoms with van der Waals surface area (Å²) < 4.78 is 5.42. The number of aromatic nitrogens is 1. The van der Waals surface area contributed by atoms with E-state index in [1.165, 1.54) is 32.1 Å². The van der Waals surface area contributed by atoms with Crippen LogP contribution in [0, 0.1) is 12.8 Å². The standard InChI is InChI=1S/C16H21N3O2/c1-11-18-14-9-13(7-8-15(14)21-11)19-16(20)17-10-12-5-3-2-4-6-12/h7-9,12H,2-6,10H2,1H3,(H2,17,19,20). The number of hydrogen-bond acceptors (Lipinski definition) is 3. The molecule has 2 aromatic rings. The molecule has 2 N–H and O–H groups in total. The van der Waals surface area contributed by atoms with Gasteiger partial charge in [0.25, 0.3) is 0 Å². The molecule has 1 fully saturated rings. The number of anilines is 1. The highest BCUT2D eigenvalue weighted by molar-refractivity contribution is 5.91. The first kappa shape index (κ1) is 13.9. The van der Waals surface area contributed by atoms with Gasteiger partial charge in [0.15, 0.2) is 11.5 Å². The van der Waals surface area contributed by atoms with Crippen molar-refractivity contribution in [3.05, 3.63) is 24.1 Å². The highest BCUT2D eigenvalue weighted by Gasteiger charge is 2.14. The summed E-state index contributed by atoms with van der Waals surface area (Å²) in [4.78, 5) is 16.2. The Morgan fingerprint density at radius 1 is 1.33 bits per heavy atom. The Bertz CT molecular complexity index is 629. The molecule has 1 heterocycles. The summed E-state index contributed by atoms with van der Waals surface area (Å²) in [6, 6.07) is 5.32. The Balaban J connectivity index is 1.55. The Hall–Kier alpha value is -2.04. The van der Waals surface area contributed by atoms with Crippen LogP contribution in [0.4, 0.5) is 10.5 Å². The third kappa shape index (κ3) is 3.54. The van der Waals surface area contributed by atoms with Crippen molar-refractivity contribution < 1.29 is 9.21 Å². The fourth-order valence-corrected chi connectivity index (χ4v) is 2.92. The number of nitrogens with zero attached hydrogens (tertiary/aromatic N) is 1. The molecule has 112 valence electrons. The number of fused-ring (bicyclic) bond motifs is 1. The van der Waals surface area contributed by atoms with E-state index in [1.807, 2.05) is 25.1 Å². The number of carbonyl (C=O) groups excluding carboxylic acids is 1. The third-order valence-electron chi connectivity index (χ3n) is 4.03. The minimum absolute atomic E-state index is 0.153. The maximum Gasteiger partial charge on any atom is 0.319 e. The van der Waals surface area contributed by atoms with E-state index in [0.29, 0.717) is 11.8 Å². The molecule has 0 bridgehead atoms. The van der Waals surface area contributed by atoms with E-state index in [4.69, 9.17) is 4.42 Å². The Morgan fingerprint density at radius 3 is 2.95 bits per heavy atom. The van der Waals surface area contributed by atoms with Gasteiger partial charge in [-0.3, -0.25) is 0 Å². The monoisotopic (exact) mass is 287 g/mol. The van der Waals surface area contributed by atoms with Crippen molar-refractivity contribution in [1.29, 1.82) is 0 Å². The second-order valence-electron chi connectivity index (χ2n) is 5.75. The van der Waals surface area contributed by atoms with Crippen molar-refractivity contribution in [3.63, 3.8) is 0 Å². The first-order valence-electron chi connectivity index (χ1n) is 7.63. The lowest BCUT2D eigenvalue weighted by Crippen LogP contribution is -2.33. The number of carbonyl (C=O) groups is 1. The van der Waals surface area contributed by atoms with Gasteiger partial charge in [-0.05, 0) is 37.0 Å². The van der Waals surface area contributed by atoms with E-state index in [-0.39, 0.29) is 6.03 Å². The second-order valence-corrected chi connectivity index (χ2v) is 5.75. The minimum atomic E-state index is -0.153. The smallest absolute Gasteiger partial charge is 0.319 e. The number of urea groups is 1. The number of benzene rings is 1. The summed E-state index contributed by atoms with van der Waals surface area (Å²) in [7, 11) is 0. The molecule has 0 spiro atoms. The van der Waals surface area contributed by atoms with E-state index in [1.54, 1.807) is 0 Å². The lowest BCUT2D eigenvalue weighted by molar-refractivity contribution is 0.247. The van der Waals surface area contributed by atoms with Crippen molar-refractivity contribution in [1.82, 2.24) is 10.3 Å². The molecule has 1 aromatic carbocycles. The Kier molecular flexibility index (Phi) is 4.08. The number of hydrogen-bond donors (Lipinski definition) is 2. The average Bonchev–Trinajstić information content (AvgIpc) is 2.85. The van der Waals surface area contributed by atoms with E-state index >= 15 is 0 Å². The molecule has 2 amide bonds. The third-order valence-corrected chi connectivity index (χ3v) is 4.03. The van der Waals surface area contributed by atoms with Gasteiger partial charge in [-0.15, -0.1) is 0 Å². The molecule has 0 radical (unpaired) electrons. The molecule has 1 aliphatic rings. The topological polar surface area (TPSA) is 67.2 Å². The van der Waals surface area contributed by atoms with Crippen LogP contribution in [0.1, 0.15) is 38.0 Å². The molecule has 5 nitrogen and oxygen atoms in total. The van der Waals surface area contributed by atoms with Crippen LogP contribution < -0.4 is 10.6 Å². The highest BCUT2D eigenvalue weighted by Crippen LogP contribution is 2.23. The van der Waals surface area contributed by atoms with Crippen LogP contribution in [-0.4, -0.2) is 17.6 Å². The predicted molar refractivity (Wildman–Crippen MR) is 82.3 cm³/mol. The van der Waals surface area contributed by atoms with Crippen LogP contribution in [0.25, 0.3) is 11.1 Å². The number of oxazole rings is 1. The maximum atomic E-state index is 11.9. The Labute approximate surface area is 124 Å². The van der Waals surface area contributed by atoms with Gasteiger partial charge in [0.1, 0.15) is 5.52 Å². The van der Waals surface area contributed by atoms with Crippen molar-refractivity contribution in [2.24, 2.45) is 5.92 Å². The van der Waals surface area contributed by atoms with Crippen LogP contribution in [0.3, 0.4) is 0 Å². The van der Waals surface area contributed by atoms with Gasteiger partial charge in [0.05, 0.1) is 0 Å². The molecule has 1 aliphatic carbocycles. The summed E-state index contributed by atoms with van der Waals surface area (Å²) >= 11 is 0. The molecule has 1 saturated carbocycles. The van der Waals surface area contributed by atoms with Crippen LogP contribution in [-0.2, 0) is 0 Å². The van der Waals surface area contributed by atoms with E-state index in [2.05, 4.69) is 15.6 Å². The molecule has 21 heavy (non-hydrogen) atoms. The maximum absolute atomic E-state index is 11.9. The molecule has 0 atom stereocenters. The molecule has 1 aromatic heterocycles. The van der Waals surface area contributed by atoms with Crippen LogP contribution in [0.2, 0.25) is 0 Å². The van der Waals surface area contributed by atoms with Gasteiger partial charge in [-0.25, -0.2) is 9.78 Å². The number of rotatable bonds is 3. The summed E-state index contributed by atoms with van der Waals surface area (Å²) in [5, 5.41) is 5.81. The number of aryl methyl sites for hydroxylation is 1. The SMILES string of the molecule is Cc1nc2cc(NC(=O)NCC3CCCCC3)ccc2o1. The lowest BCUT2D eigenvalue weighted by Gasteiger charge is -2.21. The quantitative estimate of drug-likeness (QED) is 0.901. The van der Waals surface area contributed by atoms with Gasteiger partial charge in [0, 0.05) is 19.2 Å². The zero-order valence-electron chi connectivity index (χ0n) is 12.3. The normalized spacial score (nSPS) is 16.0. The van der Waals surface area contributed by atoms with Gasteiger partial charge in [-0.2, -0.15) is 0 Å². The van der Waals surface area contributed by atoms with Gasteiger partial charge < -0.3 is 15.1 Å². The van der Waals surface area contributed by atoms with Gasteiger partial charge >= 0.3 is 6.03 Å². The number of nitrogens with one attached hydrogen (secondary N) is 2. The molecular formula is C16H21N3O2. The summed E-state index contributed by atoms with van der Waals surface area (Å²) in [6.07, 6.45) is 6.36. The molecule has 3 rings (SSSR count). The zero-order chi connectivity index (χ0) is 14.7. The fraction of sp³-hybridized carbons (Fsp3) is 0.500. The number of amides is 2. The van der Waals surface area contributed by atoms with Crippen molar-refractivity contribution in [3.8, 4) is 0 Å². The van der Waals surface area contributed by atoms with Crippen LogP contribution in [0.15, 0.2) is 22.6 Å². The van der Waals surface area contributed by atoms with Crippen molar-refractivity contribution >= 4 is 22.8 Å². The van der Waals surface area contributed by atoms with E-state index < -0.39 is 0 Å².